The first-order chi connectivity index (χ1) is 9.33. The number of aromatic nitrogens is 1. The molecule has 5 nitrogen and oxygen atoms in total. The van der Waals surface area contributed by atoms with E-state index in [1.807, 2.05) is 0 Å². The summed E-state index contributed by atoms with van der Waals surface area (Å²) in [4.78, 5) is 13.1. The molecule has 0 unspecified atom stereocenters. The topological polar surface area (TPSA) is 79.0 Å². The lowest BCUT2D eigenvalue weighted by atomic mass is 10.3. The summed E-state index contributed by atoms with van der Waals surface area (Å²) in [5.74, 6) is -4.96. The van der Waals surface area contributed by atoms with Gasteiger partial charge in [0, 0.05) is 18.5 Å². The van der Waals surface area contributed by atoms with Crippen LogP contribution in [-0.4, -0.2) is 13.4 Å². The smallest absolute Gasteiger partial charge is 0.267 e. The first-order valence-electron chi connectivity index (χ1n) is 5.16. The fourth-order valence-corrected chi connectivity index (χ4v) is 2.53. The van der Waals surface area contributed by atoms with Crippen LogP contribution in [-0.2, 0) is 10.0 Å². The Labute approximate surface area is 111 Å². The SMILES string of the molecule is O=c1cc[nH]cc1S(=O)(=O)Nc1ccc(F)c(F)c1F. The van der Waals surface area contributed by atoms with Crippen molar-refractivity contribution in [2.75, 3.05) is 4.72 Å². The molecule has 1 aromatic heterocycles. The molecule has 2 rings (SSSR count). The molecule has 0 spiro atoms. The molecule has 0 amide bonds. The first-order valence-corrected chi connectivity index (χ1v) is 6.64. The van der Waals surface area contributed by atoms with Gasteiger partial charge in [0.25, 0.3) is 10.0 Å². The molecular formula is C11H7F3N2O3S. The number of pyridine rings is 1. The molecule has 0 radical (unpaired) electrons. The Morgan fingerprint density at radius 3 is 2.40 bits per heavy atom. The van der Waals surface area contributed by atoms with Gasteiger partial charge in [-0.05, 0) is 12.1 Å². The van der Waals surface area contributed by atoms with E-state index in [0.717, 1.165) is 12.3 Å². The van der Waals surface area contributed by atoms with Gasteiger partial charge >= 0.3 is 0 Å². The van der Waals surface area contributed by atoms with Gasteiger partial charge in [0.15, 0.2) is 22.3 Å². The van der Waals surface area contributed by atoms with Crippen molar-refractivity contribution in [1.29, 1.82) is 0 Å². The van der Waals surface area contributed by atoms with Crippen molar-refractivity contribution in [1.82, 2.24) is 4.98 Å². The number of nitrogens with one attached hydrogen (secondary N) is 2. The molecule has 0 saturated carbocycles. The summed E-state index contributed by atoms with van der Waals surface area (Å²) in [6.07, 6.45) is 2.10. The van der Waals surface area contributed by atoms with Crippen LogP contribution < -0.4 is 10.2 Å². The lowest BCUT2D eigenvalue weighted by Crippen LogP contribution is -2.21. The number of hydrogen-bond acceptors (Lipinski definition) is 3. The molecule has 2 N–H and O–H groups in total. The molecule has 0 atom stereocenters. The van der Waals surface area contributed by atoms with Gasteiger partial charge in [0.2, 0.25) is 5.43 Å². The Hall–Kier alpha value is -2.29. The van der Waals surface area contributed by atoms with Crippen LogP contribution in [0.25, 0.3) is 0 Å². The highest BCUT2D eigenvalue weighted by Crippen LogP contribution is 2.21. The van der Waals surface area contributed by atoms with Gasteiger partial charge < -0.3 is 4.98 Å². The van der Waals surface area contributed by atoms with E-state index in [-0.39, 0.29) is 0 Å². The lowest BCUT2D eigenvalue weighted by Gasteiger charge is -2.08. The highest BCUT2D eigenvalue weighted by Gasteiger charge is 2.21. The van der Waals surface area contributed by atoms with Crippen LogP contribution in [0.15, 0.2) is 40.3 Å². The maximum Gasteiger partial charge on any atom is 0.267 e. The second-order valence-electron chi connectivity index (χ2n) is 3.70. The Morgan fingerprint density at radius 2 is 1.75 bits per heavy atom. The number of halogens is 3. The maximum absolute atomic E-state index is 13.4. The number of sulfonamides is 1. The summed E-state index contributed by atoms with van der Waals surface area (Å²) in [6, 6.07) is 2.23. The number of benzene rings is 1. The zero-order valence-electron chi connectivity index (χ0n) is 9.65. The van der Waals surface area contributed by atoms with Crippen LogP contribution in [0.4, 0.5) is 18.9 Å². The minimum Gasteiger partial charge on any atom is -0.366 e. The van der Waals surface area contributed by atoms with Crippen LogP contribution in [0.1, 0.15) is 0 Å². The third-order valence-corrected chi connectivity index (χ3v) is 3.74. The first kappa shape index (κ1) is 14.1. The lowest BCUT2D eigenvalue weighted by molar-refractivity contribution is 0.449. The number of anilines is 1. The van der Waals surface area contributed by atoms with Crippen LogP contribution in [0, 0.1) is 17.5 Å². The molecule has 0 saturated heterocycles. The quantitative estimate of drug-likeness (QED) is 0.845. The molecule has 1 heterocycles. The van der Waals surface area contributed by atoms with Crippen molar-refractivity contribution in [3.63, 3.8) is 0 Å². The Kier molecular flexibility index (Phi) is 3.53. The molecule has 0 aliphatic rings. The average molecular weight is 304 g/mol. The molecule has 20 heavy (non-hydrogen) atoms. The van der Waals surface area contributed by atoms with E-state index < -0.39 is 43.5 Å². The highest BCUT2D eigenvalue weighted by molar-refractivity contribution is 7.92. The van der Waals surface area contributed by atoms with E-state index in [2.05, 4.69) is 4.98 Å². The molecule has 9 heteroatoms. The summed E-state index contributed by atoms with van der Waals surface area (Å²) in [6.45, 7) is 0. The predicted molar refractivity (Wildman–Crippen MR) is 64.2 cm³/mol. The van der Waals surface area contributed by atoms with Crippen LogP contribution in [0.2, 0.25) is 0 Å². The van der Waals surface area contributed by atoms with Gasteiger partial charge in [-0.25, -0.2) is 21.6 Å². The van der Waals surface area contributed by atoms with Crippen molar-refractivity contribution >= 4 is 15.7 Å². The second kappa shape index (κ2) is 5.00. The van der Waals surface area contributed by atoms with E-state index in [9.17, 15) is 26.4 Å². The number of H-pyrrole nitrogens is 1. The molecule has 106 valence electrons. The standard InChI is InChI=1S/C11H7F3N2O3S/c12-6-1-2-7(11(14)10(6)13)16-20(18,19)9-5-15-4-3-8(9)17/h1-5,16H,(H,15,17). The minimum atomic E-state index is -4.42. The molecule has 0 aliphatic heterocycles. The van der Waals surface area contributed by atoms with E-state index in [1.165, 1.54) is 6.20 Å². The Balaban J connectivity index is 2.47. The Bertz CT molecular complexity index is 818. The zero-order chi connectivity index (χ0) is 14.9. The summed E-state index contributed by atoms with van der Waals surface area (Å²) < 4.78 is 64.5. The molecular weight excluding hydrogens is 297 g/mol. The van der Waals surface area contributed by atoms with Gasteiger partial charge in [-0.3, -0.25) is 9.52 Å². The van der Waals surface area contributed by atoms with Crippen molar-refractivity contribution in [3.05, 3.63) is 58.3 Å². The van der Waals surface area contributed by atoms with Crippen molar-refractivity contribution in [2.24, 2.45) is 0 Å². The fourth-order valence-electron chi connectivity index (χ4n) is 1.42. The molecule has 2 aromatic rings. The molecule has 0 fully saturated rings. The highest BCUT2D eigenvalue weighted by atomic mass is 32.2. The largest absolute Gasteiger partial charge is 0.366 e. The minimum absolute atomic E-state index is 0.561. The van der Waals surface area contributed by atoms with Gasteiger partial charge in [0.05, 0.1) is 5.69 Å². The van der Waals surface area contributed by atoms with E-state index >= 15 is 0 Å². The van der Waals surface area contributed by atoms with Crippen LogP contribution in [0.5, 0.6) is 0 Å². The van der Waals surface area contributed by atoms with Crippen molar-refractivity contribution in [2.45, 2.75) is 4.90 Å². The van der Waals surface area contributed by atoms with Gasteiger partial charge in [-0.15, -0.1) is 0 Å². The van der Waals surface area contributed by atoms with Gasteiger partial charge in [-0.1, -0.05) is 0 Å². The molecule has 0 aliphatic carbocycles. The number of aromatic amines is 1. The van der Waals surface area contributed by atoms with Crippen LogP contribution in [0.3, 0.4) is 0 Å². The number of rotatable bonds is 3. The average Bonchev–Trinajstić information content (AvgIpc) is 2.40. The Morgan fingerprint density at radius 1 is 1.05 bits per heavy atom. The van der Waals surface area contributed by atoms with Crippen molar-refractivity contribution in [3.8, 4) is 0 Å². The summed E-state index contributed by atoms with van der Waals surface area (Å²) in [5.41, 5.74) is -1.63. The van der Waals surface area contributed by atoms with Crippen LogP contribution >= 0.6 is 0 Å². The summed E-state index contributed by atoms with van der Waals surface area (Å²) >= 11 is 0. The maximum atomic E-state index is 13.4. The van der Waals surface area contributed by atoms with Gasteiger partial charge in [0.1, 0.15) is 0 Å². The monoisotopic (exact) mass is 304 g/mol. The normalized spacial score (nSPS) is 11.3. The van der Waals surface area contributed by atoms with Crippen molar-refractivity contribution < 1.29 is 21.6 Å². The van der Waals surface area contributed by atoms with Gasteiger partial charge in [-0.2, -0.15) is 0 Å². The molecule has 0 bridgehead atoms. The van der Waals surface area contributed by atoms with E-state index in [0.29, 0.717) is 12.1 Å². The van der Waals surface area contributed by atoms with E-state index in [1.54, 1.807) is 4.72 Å². The third kappa shape index (κ3) is 2.52. The predicted octanol–water partition coefficient (Wildman–Crippen LogP) is 1.59. The fraction of sp³-hybridized carbons (Fsp3) is 0. The summed E-state index contributed by atoms with van der Waals surface area (Å²) in [5, 5.41) is 0. The number of hydrogen-bond donors (Lipinski definition) is 2. The zero-order valence-corrected chi connectivity index (χ0v) is 10.5. The molecule has 1 aromatic carbocycles. The third-order valence-electron chi connectivity index (χ3n) is 2.36. The second-order valence-corrected chi connectivity index (χ2v) is 5.35. The van der Waals surface area contributed by atoms with E-state index in [4.69, 9.17) is 0 Å². The summed E-state index contributed by atoms with van der Waals surface area (Å²) in [7, 11) is -4.42.